The molecule has 0 aliphatic heterocycles. The first-order valence-electron chi connectivity index (χ1n) is 5.47. The number of benzene rings is 1. The number of carbonyl (C=O) groups is 1. The van der Waals surface area contributed by atoms with Gasteiger partial charge < -0.3 is 9.84 Å². The minimum atomic E-state index is -1.09. The van der Waals surface area contributed by atoms with E-state index in [9.17, 15) is 4.79 Å². The lowest BCUT2D eigenvalue weighted by Crippen LogP contribution is -2.11. The van der Waals surface area contributed by atoms with E-state index in [1.807, 2.05) is 0 Å². The van der Waals surface area contributed by atoms with Crippen LogP contribution in [0.25, 0.3) is 0 Å². The Morgan fingerprint density at radius 1 is 1.24 bits per heavy atom. The quantitative estimate of drug-likeness (QED) is 0.906. The molecule has 0 saturated heterocycles. The van der Waals surface area contributed by atoms with Crippen molar-refractivity contribution in [1.29, 1.82) is 0 Å². The van der Waals surface area contributed by atoms with Gasteiger partial charge in [-0.1, -0.05) is 23.2 Å². The van der Waals surface area contributed by atoms with Gasteiger partial charge >= 0.3 is 5.97 Å². The molecule has 5 heteroatoms. The zero-order valence-electron chi connectivity index (χ0n) is 9.08. The maximum atomic E-state index is 10.8. The molecular formula is C12H12Cl2O3. The van der Waals surface area contributed by atoms with Crippen molar-refractivity contribution in [2.24, 2.45) is 0 Å². The summed E-state index contributed by atoms with van der Waals surface area (Å²) < 4.78 is 5.71. The van der Waals surface area contributed by atoms with Crippen LogP contribution in [0.5, 0.6) is 5.75 Å². The molecule has 0 aromatic heterocycles. The Morgan fingerprint density at radius 2 is 1.88 bits per heavy atom. The highest BCUT2D eigenvalue weighted by atomic mass is 35.5. The number of rotatable bonds is 3. The van der Waals surface area contributed by atoms with Crippen molar-refractivity contribution in [1.82, 2.24) is 0 Å². The molecule has 1 N–H and O–H groups in total. The number of carboxylic acid groups (broad SMARTS) is 1. The first-order chi connectivity index (χ1) is 8.09. The van der Waals surface area contributed by atoms with Crippen LogP contribution >= 0.6 is 23.2 Å². The van der Waals surface area contributed by atoms with Crippen molar-refractivity contribution in [3.63, 3.8) is 0 Å². The van der Waals surface area contributed by atoms with E-state index in [-0.39, 0.29) is 21.7 Å². The second-order valence-corrected chi connectivity index (χ2v) is 4.82. The second-order valence-electron chi connectivity index (χ2n) is 4.07. The number of hydrogen-bond donors (Lipinski definition) is 1. The Kier molecular flexibility index (Phi) is 3.79. The largest absolute Gasteiger partial charge is 0.489 e. The highest BCUT2D eigenvalue weighted by molar-refractivity contribution is 6.44. The summed E-state index contributed by atoms with van der Waals surface area (Å²) in [5, 5.41) is 9.10. The number of ether oxygens (including phenoxy) is 1. The van der Waals surface area contributed by atoms with Crippen molar-refractivity contribution in [2.45, 2.75) is 31.8 Å². The highest BCUT2D eigenvalue weighted by Gasteiger charge is 2.20. The van der Waals surface area contributed by atoms with Gasteiger partial charge in [-0.15, -0.1) is 0 Å². The average molecular weight is 275 g/mol. The van der Waals surface area contributed by atoms with Gasteiger partial charge in [0.25, 0.3) is 0 Å². The van der Waals surface area contributed by atoms with Crippen LogP contribution in [-0.2, 0) is 0 Å². The molecule has 2 rings (SSSR count). The second kappa shape index (κ2) is 5.15. The van der Waals surface area contributed by atoms with Crippen LogP contribution < -0.4 is 4.74 Å². The third-order valence-electron chi connectivity index (χ3n) is 2.87. The SMILES string of the molecule is O=C(O)c1ccc(OC2CCCC2)c(Cl)c1Cl. The summed E-state index contributed by atoms with van der Waals surface area (Å²) in [5.74, 6) is -0.627. The summed E-state index contributed by atoms with van der Waals surface area (Å²) in [5.41, 5.74) is -0.00422. The van der Waals surface area contributed by atoms with E-state index in [1.54, 1.807) is 6.07 Å². The molecule has 0 spiro atoms. The summed E-state index contributed by atoms with van der Waals surface area (Å²) >= 11 is 11.9. The minimum Gasteiger partial charge on any atom is -0.489 e. The van der Waals surface area contributed by atoms with Crippen LogP contribution in [0.4, 0.5) is 0 Å². The van der Waals surface area contributed by atoms with Crippen LogP contribution in [0.3, 0.4) is 0 Å². The van der Waals surface area contributed by atoms with E-state index in [0.29, 0.717) is 5.75 Å². The molecule has 1 aliphatic carbocycles. The fourth-order valence-electron chi connectivity index (χ4n) is 1.97. The van der Waals surface area contributed by atoms with Gasteiger partial charge in [0.2, 0.25) is 0 Å². The zero-order valence-corrected chi connectivity index (χ0v) is 10.6. The molecule has 92 valence electrons. The summed E-state index contributed by atoms with van der Waals surface area (Å²) in [7, 11) is 0. The molecule has 1 aliphatic rings. The molecule has 1 aromatic carbocycles. The lowest BCUT2D eigenvalue weighted by atomic mass is 10.2. The van der Waals surface area contributed by atoms with E-state index in [4.69, 9.17) is 33.0 Å². The minimum absolute atomic E-state index is 0.00422. The maximum absolute atomic E-state index is 10.8. The maximum Gasteiger partial charge on any atom is 0.337 e. The van der Waals surface area contributed by atoms with E-state index in [0.717, 1.165) is 25.7 Å². The number of halogens is 2. The topological polar surface area (TPSA) is 46.5 Å². The Labute approximate surface area is 109 Å². The van der Waals surface area contributed by atoms with Crippen LogP contribution in [0.1, 0.15) is 36.0 Å². The molecule has 1 fully saturated rings. The first-order valence-corrected chi connectivity index (χ1v) is 6.23. The van der Waals surface area contributed by atoms with Gasteiger partial charge in [-0.25, -0.2) is 4.79 Å². The van der Waals surface area contributed by atoms with Crippen molar-refractivity contribution < 1.29 is 14.6 Å². The molecule has 0 radical (unpaired) electrons. The van der Waals surface area contributed by atoms with E-state index in [2.05, 4.69) is 0 Å². The van der Waals surface area contributed by atoms with Gasteiger partial charge in [0.15, 0.2) is 0 Å². The molecule has 0 bridgehead atoms. The molecule has 17 heavy (non-hydrogen) atoms. The van der Waals surface area contributed by atoms with Gasteiger partial charge in [-0.05, 0) is 37.8 Å². The van der Waals surface area contributed by atoms with Crippen LogP contribution in [0.2, 0.25) is 10.0 Å². The van der Waals surface area contributed by atoms with Crippen LogP contribution in [0, 0.1) is 0 Å². The number of aromatic carboxylic acids is 1. The monoisotopic (exact) mass is 274 g/mol. The standard InChI is InChI=1S/C12H12Cl2O3/c13-10-8(12(15)16)5-6-9(11(10)14)17-7-3-1-2-4-7/h5-7H,1-4H2,(H,15,16). The number of carboxylic acids is 1. The smallest absolute Gasteiger partial charge is 0.337 e. The summed E-state index contributed by atoms with van der Waals surface area (Å²) in [6.45, 7) is 0. The zero-order chi connectivity index (χ0) is 12.4. The lowest BCUT2D eigenvalue weighted by Gasteiger charge is -2.15. The molecule has 1 aromatic rings. The predicted molar refractivity (Wildman–Crippen MR) is 66.3 cm³/mol. The highest BCUT2D eigenvalue weighted by Crippen LogP contribution is 2.36. The first kappa shape index (κ1) is 12.5. The Balaban J connectivity index is 2.23. The molecule has 1 saturated carbocycles. The summed E-state index contributed by atoms with van der Waals surface area (Å²) in [4.78, 5) is 10.8. The molecule has 0 unspecified atom stereocenters. The fourth-order valence-corrected chi connectivity index (χ4v) is 2.42. The van der Waals surface area contributed by atoms with Crippen LogP contribution in [0.15, 0.2) is 12.1 Å². The Bertz CT molecular complexity index is 440. The van der Waals surface area contributed by atoms with Crippen LogP contribution in [-0.4, -0.2) is 17.2 Å². The third kappa shape index (κ3) is 2.67. The van der Waals surface area contributed by atoms with Crippen molar-refractivity contribution >= 4 is 29.2 Å². The van der Waals surface area contributed by atoms with Gasteiger partial charge in [-0.2, -0.15) is 0 Å². The number of hydrogen-bond acceptors (Lipinski definition) is 2. The predicted octanol–water partition coefficient (Wildman–Crippen LogP) is 4.01. The van der Waals surface area contributed by atoms with Crippen molar-refractivity contribution in [2.75, 3.05) is 0 Å². The summed E-state index contributed by atoms with van der Waals surface area (Å²) in [6.07, 6.45) is 4.50. The van der Waals surface area contributed by atoms with Gasteiger partial charge in [-0.3, -0.25) is 0 Å². The molecule has 3 nitrogen and oxygen atoms in total. The Hall–Kier alpha value is -0.930. The third-order valence-corrected chi connectivity index (χ3v) is 3.74. The molecule has 0 amide bonds. The van der Waals surface area contributed by atoms with E-state index < -0.39 is 5.97 Å². The average Bonchev–Trinajstić information content (AvgIpc) is 2.77. The van der Waals surface area contributed by atoms with E-state index >= 15 is 0 Å². The van der Waals surface area contributed by atoms with Crippen molar-refractivity contribution in [3.05, 3.63) is 27.7 Å². The fraction of sp³-hybridized carbons (Fsp3) is 0.417. The molecule has 0 heterocycles. The van der Waals surface area contributed by atoms with E-state index in [1.165, 1.54) is 6.07 Å². The summed E-state index contributed by atoms with van der Waals surface area (Å²) in [6, 6.07) is 2.98. The molecular weight excluding hydrogens is 263 g/mol. The van der Waals surface area contributed by atoms with Gasteiger partial charge in [0.1, 0.15) is 10.8 Å². The lowest BCUT2D eigenvalue weighted by molar-refractivity contribution is 0.0697. The van der Waals surface area contributed by atoms with Gasteiger partial charge in [0.05, 0.1) is 16.7 Å². The normalized spacial score (nSPS) is 16.1. The molecule has 0 atom stereocenters. The van der Waals surface area contributed by atoms with Gasteiger partial charge in [0, 0.05) is 0 Å². The van der Waals surface area contributed by atoms with Crippen molar-refractivity contribution in [3.8, 4) is 5.75 Å². The Morgan fingerprint density at radius 3 is 2.47 bits per heavy atom.